The molecule has 0 saturated carbocycles. The molecule has 1 rings (SSSR count). The minimum Gasteiger partial charge on any atom is -1.00 e. The Kier molecular flexibility index (Phi) is 7.82. The van der Waals surface area contributed by atoms with Crippen LogP contribution in [0.3, 0.4) is 0 Å². The van der Waals surface area contributed by atoms with Crippen LogP contribution in [-0.2, 0) is 0 Å². The Morgan fingerprint density at radius 3 is 1.53 bits per heavy atom. The third-order valence-corrected chi connectivity index (χ3v) is 1.49. The molecule has 0 fully saturated rings. The van der Waals surface area contributed by atoms with Crippen LogP contribution in [0.5, 0.6) is 0 Å². The van der Waals surface area contributed by atoms with E-state index in [1.54, 1.807) is 13.8 Å². The van der Waals surface area contributed by atoms with Crippen molar-refractivity contribution in [1.29, 1.82) is 0 Å². The average Bonchev–Trinajstić information content (AvgIpc) is 1.98. The van der Waals surface area contributed by atoms with Crippen molar-refractivity contribution in [3.8, 4) is 0 Å². The molecule has 0 aliphatic heterocycles. The zero-order valence-corrected chi connectivity index (χ0v) is 8.57. The highest BCUT2D eigenvalue weighted by Crippen LogP contribution is 2.00. The maximum Gasteiger partial charge on any atom is 0.762 e. The van der Waals surface area contributed by atoms with Gasteiger partial charge in [0.05, 0.1) is 4.48 Å². The summed E-state index contributed by atoms with van der Waals surface area (Å²) >= 11 is 0. The van der Waals surface area contributed by atoms with E-state index in [0.717, 1.165) is 5.56 Å². The van der Waals surface area contributed by atoms with Crippen LogP contribution in [0.1, 0.15) is 17.0 Å². The van der Waals surface area contributed by atoms with Crippen LogP contribution in [0.25, 0.3) is 0 Å². The van der Waals surface area contributed by atoms with E-state index >= 15 is 0 Å². The quantitative estimate of drug-likeness (QED) is 0.416. The Hall–Kier alpha value is -1.14. The van der Waals surface area contributed by atoms with E-state index in [2.05, 4.69) is 0 Å². The smallest absolute Gasteiger partial charge is 0.762 e. The van der Waals surface area contributed by atoms with Crippen LogP contribution in [-0.4, -0.2) is 7.54 Å². The predicted molar refractivity (Wildman–Crippen MR) is 46.4 cm³/mol. The molecular formula is C8H11BF5N. The van der Waals surface area contributed by atoms with Gasteiger partial charge in [0, 0.05) is 30.8 Å². The van der Waals surface area contributed by atoms with Crippen molar-refractivity contribution in [2.45, 2.75) is 20.8 Å². The average molecular weight is 227 g/mol. The van der Waals surface area contributed by atoms with Gasteiger partial charge in [-0.15, -0.1) is 0 Å². The number of rotatable bonds is 0. The van der Waals surface area contributed by atoms with Gasteiger partial charge < -0.3 is 4.70 Å². The molecule has 1 aromatic heterocycles. The Morgan fingerprint density at radius 1 is 1.00 bits per heavy atom. The van der Waals surface area contributed by atoms with E-state index in [0.29, 0.717) is 16.2 Å². The third kappa shape index (κ3) is 6.87. The molecule has 1 aromatic rings. The summed E-state index contributed by atoms with van der Waals surface area (Å²) in [6.45, 7) is 5.46. The number of pyridine rings is 1. The molecule has 0 bridgehead atoms. The van der Waals surface area contributed by atoms with Crippen LogP contribution < -0.4 is 9.49 Å². The Balaban J connectivity index is 0. The lowest BCUT2D eigenvalue weighted by molar-refractivity contribution is -0.852. The van der Waals surface area contributed by atoms with E-state index in [1.165, 1.54) is 0 Å². The number of nitrogens with zero attached hydrogens (tertiary/aromatic N) is 1. The van der Waals surface area contributed by atoms with Crippen LogP contribution in [0.15, 0.2) is 12.1 Å². The largest absolute Gasteiger partial charge is 1.00 e. The fourth-order valence-corrected chi connectivity index (χ4v) is 1.09. The minimum absolute atomic E-state index is 0. The summed E-state index contributed by atoms with van der Waals surface area (Å²) in [6, 6.07) is 3.62. The lowest BCUT2D eigenvalue weighted by Gasteiger charge is -1.92. The number of aromatic nitrogens is 1. The summed E-state index contributed by atoms with van der Waals surface area (Å²) < 4.78 is 41.8. The molecule has 1 nitrogen and oxygen atoms in total. The predicted octanol–water partition coefficient (Wildman–Crippen LogP) is -0.484. The van der Waals surface area contributed by atoms with Crippen molar-refractivity contribution in [3.63, 3.8) is 0 Å². The highest BCUT2D eigenvalue weighted by Gasteiger charge is 2.10. The first kappa shape index (κ1) is 16.3. The molecule has 0 atom stereocenters. The monoisotopic (exact) mass is 227 g/mol. The number of hydrogen-bond donors (Lipinski definition) is 0. The molecule has 0 N–H and O–H groups in total. The summed E-state index contributed by atoms with van der Waals surface area (Å²) in [5.74, 6) is 0. The molecule has 1 heterocycles. The molecule has 0 radical (unpaired) electrons. The second-order valence-electron chi connectivity index (χ2n) is 2.84. The van der Waals surface area contributed by atoms with E-state index in [1.807, 2.05) is 19.1 Å². The first-order valence-corrected chi connectivity index (χ1v) is 3.93. The summed E-state index contributed by atoms with van der Waals surface area (Å²) in [6.07, 6.45) is 0. The molecular weight excluding hydrogens is 216 g/mol. The second kappa shape index (κ2) is 7.20. The molecule has 0 unspecified atom stereocenters. The van der Waals surface area contributed by atoms with Gasteiger partial charge in [0.25, 0.3) is 0 Å². The van der Waals surface area contributed by atoms with Crippen molar-refractivity contribution in [1.82, 2.24) is 0 Å². The van der Waals surface area contributed by atoms with Crippen LogP contribution in [0, 0.1) is 20.8 Å². The number of hydrogen-bond acceptors (Lipinski definition) is 0. The Morgan fingerprint density at radius 2 is 1.27 bits per heavy atom. The van der Waals surface area contributed by atoms with Gasteiger partial charge in [-0.1, -0.05) is 0 Å². The zero-order valence-electron chi connectivity index (χ0n) is 8.57. The van der Waals surface area contributed by atoms with Gasteiger partial charge >= 0.3 is 7.54 Å². The van der Waals surface area contributed by atoms with E-state index in [4.69, 9.17) is 0 Å². The van der Waals surface area contributed by atoms with Crippen LogP contribution >= 0.6 is 0 Å². The lowest BCUT2D eigenvalue weighted by Crippen LogP contribution is -3.00. The van der Waals surface area contributed by atoms with Crippen molar-refractivity contribution >= 4 is 7.54 Å². The number of halogens is 5. The highest BCUT2D eigenvalue weighted by atomic mass is 19.4. The molecule has 0 aliphatic carbocycles. The third-order valence-electron chi connectivity index (χ3n) is 1.49. The summed E-state index contributed by atoms with van der Waals surface area (Å²) in [7, 11) is -3.67. The minimum atomic E-state index is -3.67. The van der Waals surface area contributed by atoms with E-state index in [9.17, 15) is 17.4 Å². The topological polar surface area (TPSA) is 3.88 Å². The van der Waals surface area contributed by atoms with Crippen molar-refractivity contribution in [2.24, 2.45) is 0 Å². The SMILES string of the molecule is Cc1cc(C)[n+](F)c(C)c1.FB(F)F.[F-]. The molecule has 15 heavy (non-hydrogen) atoms. The normalized spacial score (nSPS) is 8.47. The van der Waals surface area contributed by atoms with Crippen molar-refractivity contribution in [2.75, 3.05) is 0 Å². The van der Waals surface area contributed by atoms with Gasteiger partial charge in [-0.2, -0.15) is 0 Å². The standard InChI is InChI=1S/C8H11FN.BF3.FH/c1-6-4-7(2)10(9)8(3)5-6;2-1(3)4;/h4-5H,1-3H3;;1H/q+1;;/p-1. The summed E-state index contributed by atoms with van der Waals surface area (Å²) in [5.41, 5.74) is 2.40. The molecule has 86 valence electrons. The maximum atomic E-state index is 12.8. The lowest BCUT2D eigenvalue weighted by atomic mass is 10.2. The van der Waals surface area contributed by atoms with Gasteiger partial charge in [-0.25, -0.2) is 0 Å². The zero-order chi connectivity index (χ0) is 11.3. The van der Waals surface area contributed by atoms with Crippen LogP contribution in [0.4, 0.5) is 17.4 Å². The maximum absolute atomic E-state index is 12.8. The Labute approximate surface area is 85.3 Å². The Bertz CT molecular complexity index is 279. The molecule has 0 saturated heterocycles. The molecule has 0 spiro atoms. The molecule has 7 heteroatoms. The first-order valence-electron chi connectivity index (χ1n) is 3.93. The van der Waals surface area contributed by atoms with E-state index < -0.39 is 7.54 Å². The van der Waals surface area contributed by atoms with Gasteiger partial charge in [-0.05, 0) is 12.5 Å². The van der Waals surface area contributed by atoms with Gasteiger partial charge in [-0.3, -0.25) is 12.9 Å². The summed E-state index contributed by atoms with van der Waals surface area (Å²) in [5, 5.41) is 0. The molecule has 0 aliphatic rings. The fraction of sp³-hybridized carbons (Fsp3) is 0.375. The first-order chi connectivity index (χ1) is 6.34. The van der Waals surface area contributed by atoms with Gasteiger partial charge in [0.15, 0.2) is 0 Å². The molecule has 0 amide bonds. The number of aryl methyl sites for hydroxylation is 3. The van der Waals surface area contributed by atoms with Crippen molar-refractivity contribution in [3.05, 3.63) is 29.1 Å². The van der Waals surface area contributed by atoms with E-state index in [-0.39, 0.29) is 4.70 Å². The highest BCUT2D eigenvalue weighted by molar-refractivity contribution is 6.33. The molecule has 0 aromatic carbocycles. The summed E-state index contributed by atoms with van der Waals surface area (Å²) in [4.78, 5) is 0.688. The fourth-order valence-electron chi connectivity index (χ4n) is 1.09. The van der Waals surface area contributed by atoms with Gasteiger partial charge in [0.2, 0.25) is 11.4 Å². The second-order valence-corrected chi connectivity index (χ2v) is 2.84. The van der Waals surface area contributed by atoms with Crippen LogP contribution in [0.2, 0.25) is 0 Å². The van der Waals surface area contributed by atoms with Crippen molar-refractivity contribution < 1.29 is 26.9 Å². The van der Waals surface area contributed by atoms with Gasteiger partial charge in [0.1, 0.15) is 0 Å².